The molecule has 70 heavy (non-hydrogen) atoms. The second-order valence-electron chi connectivity index (χ2n) is 17.3. The number of hydrogen-bond acceptors (Lipinski definition) is 13. The SMILES string of the molecule is C[C@H](CC(=O)N1CCC(O)(Cn2cnc3c(-c4ccc(CNC(=O)c5ccc(-c6csc(-n7[nH]c(-c8ccccc8)c(N=Nc8nccs8)c7=O)n6)cc5)cc4)n(C)nc3c2=O)CC1)c1ccccc1. The van der Waals surface area contributed by atoms with Crippen LogP contribution in [0.15, 0.2) is 152 Å². The zero-order valence-corrected chi connectivity index (χ0v) is 39.7. The average molecular weight is 971 g/mol. The molecule has 0 aliphatic carbocycles. The number of rotatable bonds is 14. The van der Waals surface area contributed by atoms with Crippen molar-refractivity contribution in [1.29, 1.82) is 0 Å². The molecule has 0 spiro atoms. The molecule has 1 fully saturated rings. The molecule has 352 valence electrons. The van der Waals surface area contributed by atoms with Crippen molar-refractivity contribution in [3.8, 4) is 38.9 Å². The van der Waals surface area contributed by atoms with Crippen LogP contribution in [-0.2, 0) is 24.9 Å². The third-order valence-electron chi connectivity index (χ3n) is 12.6. The lowest BCUT2D eigenvalue weighted by Crippen LogP contribution is -2.49. The molecule has 0 bridgehead atoms. The van der Waals surface area contributed by atoms with Gasteiger partial charge in [0.2, 0.25) is 16.2 Å². The Morgan fingerprint density at radius 1 is 0.843 bits per heavy atom. The minimum atomic E-state index is -1.18. The molecule has 6 heterocycles. The summed E-state index contributed by atoms with van der Waals surface area (Å²) in [4.78, 5) is 69.2. The summed E-state index contributed by atoms with van der Waals surface area (Å²) in [6.45, 7) is 3.17. The number of aromatic amines is 1. The predicted molar refractivity (Wildman–Crippen MR) is 269 cm³/mol. The van der Waals surface area contributed by atoms with Crippen LogP contribution in [0.3, 0.4) is 0 Å². The molecule has 2 amide bonds. The van der Waals surface area contributed by atoms with E-state index in [0.717, 1.165) is 27.8 Å². The summed E-state index contributed by atoms with van der Waals surface area (Å²) in [5.41, 5.74) is 5.40. The highest BCUT2D eigenvalue weighted by atomic mass is 32.1. The summed E-state index contributed by atoms with van der Waals surface area (Å²) in [6.07, 6.45) is 4.16. The number of thiazole rings is 2. The lowest BCUT2D eigenvalue weighted by atomic mass is 9.90. The summed E-state index contributed by atoms with van der Waals surface area (Å²) in [5, 5.41) is 35.2. The molecule has 1 aliphatic heterocycles. The van der Waals surface area contributed by atoms with Gasteiger partial charge in [-0.1, -0.05) is 104 Å². The van der Waals surface area contributed by atoms with Crippen molar-refractivity contribution in [3.05, 3.63) is 170 Å². The second-order valence-corrected chi connectivity index (χ2v) is 19.0. The largest absolute Gasteiger partial charge is 0.388 e. The van der Waals surface area contributed by atoms with Gasteiger partial charge in [-0.2, -0.15) is 9.78 Å². The number of fused-ring (bicyclic) bond motifs is 1. The minimum absolute atomic E-state index is 0.0421. The number of nitrogens with zero attached hydrogens (tertiary/aromatic N) is 10. The fraction of sp³-hybridized carbons (Fsp3) is 0.216. The summed E-state index contributed by atoms with van der Waals surface area (Å²) in [7, 11) is 1.76. The van der Waals surface area contributed by atoms with Crippen molar-refractivity contribution in [2.45, 2.75) is 50.8 Å². The van der Waals surface area contributed by atoms with Crippen LogP contribution in [0.25, 0.3) is 49.9 Å². The van der Waals surface area contributed by atoms with Crippen LogP contribution < -0.4 is 16.4 Å². The number of nitrogens with one attached hydrogen (secondary N) is 2. The highest BCUT2D eigenvalue weighted by Crippen LogP contribution is 2.32. The summed E-state index contributed by atoms with van der Waals surface area (Å²) in [6, 6.07) is 34.1. The van der Waals surface area contributed by atoms with Gasteiger partial charge in [-0.3, -0.25) is 33.5 Å². The zero-order chi connectivity index (χ0) is 48.4. The van der Waals surface area contributed by atoms with Crippen molar-refractivity contribution in [2.75, 3.05) is 13.1 Å². The molecule has 9 aromatic rings. The first-order chi connectivity index (χ1) is 34.0. The molecular weight excluding hydrogens is 925 g/mol. The third-order valence-corrected chi connectivity index (χ3v) is 14.0. The van der Waals surface area contributed by atoms with Crippen LogP contribution in [0, 0.1) is 0 Å². The van der Waals surface area contributed by atoms with Crippen molar-refractivity contribution in [1.82, 2.24) is 49.3 Å². The number of amides is 2. The van der Waals surface area contributed by atoms with Crippen molar-refractivity contribution in [2.24, 2.45) is 17.3 Å². The minimum Gasteiger partial charge on any atom is -0.388 e. The summed E-state index contributed by atoms with van der Waals surface area (Å²) < 4.78 is 4.39. The number of carbonyl (C=O) groups excluding carboxylic acids is 2. The number of benzene rings is 4. The monoisotopic (exact) mass is 970 g/mol. The van der Waals surface area contributed by atoms with E-state index in [-0.39, 0.29) is 47.6 Å². The quantitative estimate of drug-likeness (QED) is 0.0892. The lowest BCUT2D eigenvalue weighted by molar-refractivity contribution is -0.136. The van der Waals surface area contributed by atoms with E-state index < -0.39 is 11.2 Å². The number of azo groups is 1. The van der Waals surface area contributed by atoms with Crippen LogP contribution >= 0.6 is 22.7 Å². The Hall–Kier alpha value is -8.00. The maximum Gasteiger partial charge on any atom is 0.301 e. The number of H-pyrrole nitrogens is 1. The van der Waals surface area contributed by atoms with Crippen LogP contribution in [-0.4, -0.2) is 79.6 Å². The topological polar surface area (TPSA) is 211 Å². The normalized spacial score (nSPS) is 14.1. The Balaban J connectivity index is 0.757. The zero-order valence-electron chi connectivity index (χ0n) is 38.1. The van der Waals surface area contributed by atoms with E-state index in [9.17, 15) is 24.3 Å². The van der Waals surface area contributed by atoms with Gasteiger partial charge in [0, 0.05) is 72.3 Å². The molecule has 0 radical (unpaired) electrons. The van der Waals surface area contributed by atoms with Crippen molar-refractivity contribution >= 4 is 56.3 Å². The molecule has 4 aromatic carbocycles. The molecule has 0 unspecified atom stereocenters. The third kappa shape index (κ3) is 9.54. The summed E-state index contributed by atoms with van der Waals surface area (Å²) >= 11 is 2.60. The van der Waals surface area contributed by atoms with Crippen LogP contribution in [0.2, 0.25) is 0 Å². The molecule has 1 atom stereocenters. The smallest absolute Gasteiger partial charge is 0.301 e. The molecular formula is C51H46N12O5S2. The first kappa shape index (κ1) is 45.8. The second kappa shape index (κ2) is 19.5. The standard InChI is InChI=1S/C51H46N12O5S2/c1-32(34-9-5-3-6-10-34)27-40(64)61-24-21-51(68,22-25-61)30-62-31-54-42-44(47(62)66)58-60(2)45(42)37-15-13-33(14-16-37)28-53-46(65)38-19-17-35(18-20-38)39-29-70-50(55-39)63-48(67)43(56-57-49-52-23-26-69-49)41(59-63)36-11-7-4-8-12-36/h3-20,23,26,29,31-32,59,68H,21-22,24-25,27-28,30H2,1-2H3,(H,53,65)/t32-/m1/s1. The number of aliphatic hydroxyl groups is 1. The van der Waals surface area contributed by atoms with Gasteiger partial charge in [-0.05, 0) is 42.0 Å². The van der Waals surface area contributed by atoms with E-state index in [1.807, 2.05) is 109 Å². The molecule has 1 saturated heterocycles. The maximum absolute atomic E-state index is 13.8. The van der Waals surface area contributed by atoms with Gasteiger partial charge in [0.15, 0.2) is 11.2 Å². The maximum atomic E-state index is 13.8. The van der Waals surface area contributed by atoms with Crippen molar-refractivity contribution in [3.63, 3.8) is 0 Å². The first-order valence-corrected chi connectivity index (χ1v) is 24.4. The number of hydrogen-bond donors (Lipinski definition) is 3. The number of carbonyl (C=O) groups is 2. The van der Waals surface area contributed by atoms with Crippen LogP contribution in [0.1, 0.15) is 53.6 Å². The molecule has 17 nitrogen and oxygen atoms in total. The van der Waals surface area contributed by atoms with Gasteiger partial charge in [-0.25, -0.2) is 15.0 Å². The molecule has 3 N–H and O–H groups in total. The van der Waals surface area contributed by atoms with E-state index in [2.05, 4.69) is 35.7 Å². The number of likely N-dealkylation sites (tertiary alicyclic amines) is 1. The molecule has 19 heteroatoms. The van der Waals surface area contributed by atoms with Gasteiger partial charge in [0.25, 0.3) is 11.5 Å². The van der Waals surface area contributed by atoms with Gasteiger partial charge < -0.3 is 15.3 Å². The van der Waals surface area contributed by atoms with E-state index in [4.69, 9.17) is 4.98 Å². The highest BCUT2D eigenvalue weighted by molar-refractivity contribution is 7.13. The average Bonchev–Trinajstić information content (AvgIpc) is 4.22. The Kier molecular flexibility index (Phi) is 12.8. The van der Waals surface area contributed by atoms with Gasteiger partial charge in [0.05, 0.1) is 35.6 Å². The van der Waals surface area contributed by atoms with Gasteiger partial charge >= 0.3 is 5.56 Å². The van der Waals surface area contributed by atoms with E-state index >= 15 is 0 Å². The Bertz CT molecular complexity index is 3460. The summed E-state index contributed by atoms with van der Waals surface area (Å²) in [5.74, 6) is -0.112. The van der Waals surface area contributed by atoms with E-state index in [0.29, 0.717) is 70.8 Å². The number of aryl methyl sites for hydroxylation is 1. The number of aromatic nitrogens is 8. The van der Waals surface area contributed by atoms with E-state index in [1.54, 1.807) is 40.3 Å². The lowest BCUT2D eigenvalue weighted by Gasteiger charge is -2.38. The highest BCUT2D eigenvalue weighted by Gasteiger charge is 2.35. The van der Waals surface area contributed by atoms with Crippen LogP contribution in [0.4, 0.5) is 10.8 Å². The molecule has 0 saturated carbocycles. The predicted octanol–water partition coefficient (Wildman–Crippen LogP) is 8.42. The molecule has 10 rings (SSSR count). The van der Waals surface area contributed by atoms with E-state index in [1.165, 1.54) is 38.2 Å². The Labute approximate surface area is 408 Å². The van der Waals surface area contributed by atoms with Gasteiger partial charge in [-0.15, -0.1) is 32.9 Å². The van der Waals surface area contributed by atoms with Crippen LogP contribution in [0.5, 0.6) is 0 Å². The number of piperidine rings is 1. The van der Waals surface area contributed by atoms with Crippen molar-refractivity contribution < 1.29 is 14.7 Å². The Morgan fingerprint density at radius 3 is 2.27 bits per heavy atom. The Morgan fingerprint density at radius 2 is 1.56 bits per heavy atom. The first-order valence-electron chi connectivity index (χ1n) is 22.6. The fourth-order valence-electron chi connectivity index (χ4n) is 8.65. The molecule has 5 aromatic heterocycles. The fourth-order valence-corrected chi connectivity index (χ4v) is 9.89. The molecule has 1 aliphatic rings. The van der Waals surface area contributed by atoms with Gasteiger partial charge in [0.1, 0.15) is 5.52 Å².